The molecule has 10 nitrogen and oxygen atoms in total. The third kappa shape index (κ3) is 6.81. The number of anilines is 2. The molecule has 3 heterocycles. The highest BCUT2D eigenvalue weighted by molar-refractivity contribution is 5.54. The van der Waals surface area contributed by atoms with Gasteiger partial charge in [0.2, 0.25) is 5.95 Å². The van der Waals surface area contributed by atoms with Gasteiger partial charge in [-0.05, 0) is 44.6 Å². The van der Waals surface area contributed by atoms with Crippen molar-refractivity contribution in [3.8, 4) is 17.6 Å². The Kier molecular flexibility index (Phi) is 8.74. The molecule has 0 aromatic carbocycles. The maximum atomic E-state index is 14.6. The Balaban J connectivity index is 1.38. The molecule has 1 aliphatic heterocycles. The van der Waals surface area contributed by atoms with Crippen LogP contribution in [-0.2, 0) is 9.47 Å². The molecule has 0 amide bonds. The van der Waals surface area contributed by atoms with E-state index in [9.17, 15) is 9.65 Å². The number of ether oxygens (including phenoxy) is 2. The van der Waals surface area contributed by atoms with E-state index in [-0.39, 0.29) is 17.6 Å². The van der Waals surface area contributed by atoms with Crippen molar-refractivity contribution in [3.63, 3.8) is 0 Å². The van der Waals surface area contributed by atoms with E-state index in [1.807, 2.05) is 0 Å². The average molecular weight is 485 g/mol. The number of rotatable bonds is 10. The van der Waals surface area contributed by atoms with Crippen molar-refractivity contribution in [3.05, 3.63) is 24.3 Å². The van der Waals surface area contributed by atoms with Crippen molar-refractivity contribution in [1.82, 2.24) is 25.3 Å². The van der Waals surface area contributed by atoms with Gasteiger partial charge in [0.25, 0.3) is 0 Å². The smallest absolute Gasteiger partial charge is 0.223 e. The van der Waals surface area contributed by atoms with E-state index in [0.29, 0.717) is 57.0 Å². The molecule has 0 bridgehead atoms. The van der Waals surface area contributed by atoms with Gasteiger partial charge in [0.15, 0.2) is 11.6 Å². The summed E-state index contributed by atoms with van der Waals surface area (Å²) in [5.74, 6) is 0.464. The number of methoxy groups -OCH3 is 1. The van der Waals surface area contributed by atoms with Gasteiger partial charge in [-0.25, -0.2) is 24.3 Å². The van der Waals surface area contributed by atoms with Gasteiger partial charge >= 0.3 is 0 Å². The average Bonchev–Trinajstić information content (AvgIpc) is 2.90. The molecule has 0 radical (unpaired) electrons. The predicted molar refractivity (Wildman–Crippen MR) is 129 cm³/mol. The zero-order valence-electron chi connectivity index (χ0n) is 20.1. The van der Waals surface area contributed by atoms with E-state index in [0.717, 1.165) is 38.4 Å². The topological polar surface area (TPSA) is 130 Å². The fourth-order valence-electron chi connectivity index (χ4n) is 4.50. The minimum absolute atomic E-state index is 0.0436. The van der Waals surface area contributed by atoms with Gasteiger partial charge in [-0.15, -0.1) is 0 Å². The summed E-state index contributed by atoms with van der Waals surface area (Å²) >= 11 is 0. The Hall–Kier alpha value is -2.94. The summed E-state index contributed by atoms with van der Waals surface area (Å²) in [6.07, 6.45) is 8.07. The molecule has 1 saturated carbocycles. The first-order chi connectivity index (χ1) is 17.1. The van der Waals surface area contributed by atoms with Crippen LogP contribution in [0.3, 0.4) is 0 Å². The molecule has 0 atom stereocenters. The van der Waals surface area contributed by atoms with Crippen LogP contribution in [0.2, 0.25) is 0 Å². The zero-order chi connectivity index (χ0) is 24.5. The number of nitriles is 1. The van der Waals surface area contributed by atoms with Crippen LogP contribution in [0.15, 0.2) is 18.5 Å². The van der Waals surface area contributed by atoms with Gasteiger partial charge in [0.1, 0.15) is 11.5 Å². The first kappa shape index (κ1) is 25.2. The van der Waals surface area contributed by atoms with Crippen LogP contribution >= 0.6 is 0 Å². The monoisotopic (exact) mass is 484 g/mol. The first-order valence-electron chi connectivity index (χ1n) is 12.2. The second-order valence-corrected chi connectivity index (χ2v) is 9.15. The lowest BCUT2D eigenvalue weighted by molar-refractivity contribution is 0.0455. The Morgan fingerprint density at radius 1 is 1.17 bits per heavy atom. The normalized spacial score (nSPS) is 21.7. The molecule has 2 aromatic rings. The molecule has 1 aliphatic carbocycles. The summed E-state index contributed by atoms with van der Waals surface area (Å²) < 4.78 is 25.1. The molecule has 188 valence electrons. The quantitative estimate of drug-likeness (QED) is 0.433. The number of hydrogen-bond donors (Lipinski definition) is 3. The molecule has 0 spiro atoms. The minimum Gasteiger partial charge on any atom is -0.383 e. The highest BCUT2D eigenvalue weighted by Crippen LogP contribution is 2.30. The van der Waals surface area contributed by atoms with E-state index in [2.05, 4.69) is 42.0 Å². The van der Waals surface area contributed by atoms with Gasteiger partial charge in [0.05, 0.1) is 24.3 Å². The first-order valence-corrected chi connectivity index (χ1v) is 12.2. The van der Waals surface area contributed by atoms with Crippen LogP contribution < -0.4 is 16.0 Å². The van der Waals surface area contributed by atoms with Gasteiger partial charge < -0.3 is 25.4 Å². The molecule has 2 aliphatic rings. The standard InChI is InChI=1S/C24H33FN8O2/c1-34-13-10-27-17-2-4-18(5-3-17)31-23-29-14-19(25)21(33-23)22-28-9-6-20(32-22)30-16-24(15-26)7-11-35-12-8-24/h6,9,14,17-18,27H,2-5,7-8,10-13,16H2,1H3,(H,28,30,32)(H,29,31,33). The fourth-order valence-corrected chi connectivity index (χ4v) is 4.50. The Labute approximate surface area is 205 Å². The van der Waals surface area contributed by atoms with E-state index < -0.39 is 11.2 Å². The predicted octanol–water partition coefficient (Wildman–Crippen LogP) is 2.76. The Morgan fingerprint density at radius 2 is 1.94 bits per heavy atom. The van der Waals surface area contributed by atoms with Crippen LogP contribution in [0, 0.1) is 22.6 Å². The molecular weight excluding hydrogens is 451 g/mol. The molecule has 2 fully saturated rings. The molecule has 1 saturated heterocycles. The molecule has 11 heteroatoms. The van der Waals surface area contributed by atoms with Crippen LogP contribution in [0.25, 0.3) is 11.5 Å². The maximum Gasteiger partial charge on any atom is 0.223 e. The molecule has 3 N–H and O–H groups in total. The van der Waals surface area contributed by atoms with E-state index >= 15 is 0 Å². The number of nitrogens with zero attached hydrogens (tertiary/aromatic N) is 5. The van der Waals surface area contributed by atoms with Gasteiger partial charge in [-0.3, -0.25) is 0 Å². The fraction of sp³-hybridized carbons (Fsp3) is 0.625. The number of aromatic nitrogens is 4. The lowest BCUT2D eigenvalue weighted by Crippen LogP contribution is -2.38. The minimum atomic E-state index is -0.586. The van der Waals surface area contributed by atoms with E-state index in [4.69, 9.17) is 9.47 Å². The second kappa shape index (κ2) is 12.2. The van der Waals surface area contributed by atoms with E-state index in [1.54, 1.807) is 19.4 Å². The molecular formula is C24H33FN8O2. The van der Waals surface area contributed by atoms with Crippen LogP contribution in [0.5, 0.6) is 0 Å². The van der Waals surface area contributed by atoms with Crippen molar-refractivity contribution in [2.45, 2.75) is 50.6 Å². The van der Waals surface area contributed by atoms with Crippen LogP contribution in [-0.4, -0.2) is 72.0 Å². The summed E-state index contributed by atoms with van der Waals surface area (Å²) in [5.41, 5.74) is -0.457. The molecule has 35 heavy (non-hydrogen) atoms. The van der Waals surface area contributed by atoms with Crippen LogP contribution in [0.4, 0.5) is 16.2 Å². The molecule has 4 rings (SSSR count). The van der Waals surface area contributed by atoms with Crippen molar-refractivity contribution >= 4 is 11.8 Å². The largest absolute Gasteiger partial charge is 0.383 e. The summed E-state index contributed by atoms with van der Waals surface area (Å²) in [6, 6.07) is 4.83. The lowest BCUT2D eigenvalue weighted by atomic mass is 9.82. The number of halogens is 1. The maximum absolute atomic E-state index is 14.6. The Morgan fingerprint density at radius 3 is 2.69 bits per heavy atom. The second-order valence-electron chi connectivity index (χ2n) is 9.15. The van der Waals surface area contributed by atoms with Gasteiger partial charge in [-0.1, -0.05) is 0 Å². The highest BCUT2D eigenvalue weighted by Gasteiger charge is 2.32. The summed E-state index contributed by atoms with van der Waals surface area (Å²) in [4.78, 5) is 17.2. The summed E-state index contributed by atoms with van der Waals surface area (Å²) in [5, 5.41) is 19.7. The van der Waals surface area contributed by atoms with Crippen LogP contribution in [0.1, 0.15) is 38.5 Å². The lowest BCUT2D eigenvalue weighted by Gasteiger charge is -2.30. The Bertz CT molecular complexity index is 1000. The third-order valence-corrected chi connectivity index (χ3v) is 6.71. The molecule has 2 aromatic heterocycles. The SMILES string of the molecule is COCCNC1CCC(Nc2ncc(F)c(-c3nccc(NCC4(C#N)CCOCC4)n3)n2)CC1. The molecule has 0 unspecified atom stereocenters. The highest BCUT2D eigenvalue weighted by atomic mass is 19.1. The number of nitrogens with one attached hydrogen (secondary N) is 3. The summed E-state index contributed by atoms with van der Waals surface area (Å²) in [7, 11) is 1.70. The van der Waals surface area contributed by atoms with Crippen molar-refractivity contribution in [2.75, 3.05) is 50.7 Å². The van der Waals surface area contributed by atoms with Crippen molar-refractivity contribution < 1.29 is 13.9 Å². The number of hydrogen-bond acceptors (Lipinski definition) is 10. The van der Waals surface area contributed by atoms with Gasteiger partial charge in [0, 0.05) is 51.7 Å². The van der Waals surface area contributed by atoms with E-state index in [1.165, 1.54) is 0 Å². The van der Waals surface area contributed by atoms with Crippen molar-refractivity contribution in [1.29, 1.82) is 5.26 Å². The van der Waals surface area contributed by atoms with Crippen molar-refractivity contribution in [2.24, 2.45) is 5.41 Å². The third-order valence-electron chi connectivity index (χ3n) is 6.71. The van der Waals surface area contributed by atoms with Gasteiger partial charge in [-0.2, -0.15) is 5.26 Å². The summed E-state index contributed by atoms with van der Waals surface area (Å²) in [6.45, 7) is 3.13. The zero-order valence-corrected chi connectivity index (χ0v) is 20.1.